The summed E-state index contributed by atoms with van der Waals surface area (Å²) in [5.41, 5.74) is 2.75. The number of nitrogens with zero attached hydrogens (tertiary/aromatic N) is 1. The van der Waals surface area contributed by atoms with Gasteiger partial charge in [0.05, 0.1) is 18.1 Å². The summed E-state index contributed by atoms with van der Waals surface area (Å²) in [5, 5.41) is 11.0. The van der Waals surface area contributed by atoms with Crippen molar-refractivity contribution in [2.45, 2.75) is 44.9 Å². The quantitative estimate of drug-likeness (QED) is 0.628. The molecule has 1 fully saturated rings. The first-order valence-corrected chi connectivity index (χ1v) is 10.3. The van der Waals surface area contributed by atoms with Crippen LogP contribution < -0.4 is 10.3 Å². The van der Waals surface area contributed by atoms with Gasteiger partial charge in [0.1, 0.15) is 5.75 Å². The monoisotopic (exact) mass is 386 g/mol. The van der Waals surface area contributed by atoms with Crippen LogP contribution in [0, 0.1) is 17.2 Å². The number of H-pyrrole nitrogens is 1. The van der Waals surface area contributed by atoms with Gasteiger partial charge in [-0.05, 0) is 79.3 Å². The fourth-order valence-corrected chi connectivity index (χ4v) is 3.71. The Morgan fingerprint density at radius 2 is 2.03 bits per heavy atom. The van der Waals surface area contributed by atoms with E-state index in [-0.39, 0.29) is 5.56 Å². The largest absolute Gasteiger partial charge is 0.493 e. The second kappa shape index (κ2) is 7.75. The van der Waals surface area contributed by atoms with Crippen LogP contribution in [0.25, 0.3) is 10.9 Å². The molecular formula is C25H26N2O2. The van der Waals surface area contributed by atoms with Crippen LogP contribution in [0.3, 0.4) is 0 Å². The number of hydrogen-bond acceptors (Lipinski definition) is 3. The van der Waals surface area contributed by atoms with Gasteiger partial charge in [-0.25, -0.2) is 0 Å². The van der Waals surface area contributed by atoms with E-state index in [9.17, 15) is 10.1 Å². The molecule has 1 saturated carbocycles. The predicted octanol–water partition coefficient (Wildman–Crippen LogP) is 4.90. The lowest BCUT2D eigenvalue weighted by atomic mass is 9.78. The Labute approximate surface area is 171 Å². The first-order chi connectivity index (χ1) is 14.0. The van der Waals surface area contributed by atoms with Gasteiger partial charge in [-0.15, -0.1) is 0 Å². The van der Waals surface area contributed by atoms with E-state index in [4.69, 9.17) is 4.74 Å². The number of nitriles is 1. The third-order valence-corrected chi connectivity index (χ3v) is 5.83. The molecule has 4 nitrogen and oxygen atoms in total. The van der Waals surface area contributed by atoms with Gasteiger partial charge < -0.3 is 9.72 Å². The number of aromatic nitrogens is 1. The molecule has 4 rings (SSSR count). The van der Waals surface area contributed by atoms with Gasteiger partial charge in [-0.1, -0.05) is 31.2 Å². The molecule has 0 amide bonds. The molecule has 1 N–H and O–H groups in total. The van der Waals surface area contributed by atoms with Crippen molar-refractivity contribution in [2.24, 2.45) is 5.92 Å². The second-order valence-corrected chi connectivity index (χ2v) is 8.30. The zero-order valence-corrected chi connectivity index (χ0v) is 17.0. The van der Waals surface area contributed by atoms with Gasteiger partial charge in [-0.2, -0.15) is 5.26 Å². The van der Waals surface area contributed by atoms with Crippen LogP contribution in [-0.2, 0) is 18.3 Å². The van der Waals surface area contributed by atoms with E-state index >= 15 is 0 Å². The molecule has 2 aromatic carbocycles. The summed E-state index contributed by atoms with van der Waals surface area (Å²) >= 11 is 0. The van der Waals surface area contributed by atoms with Crippen molar-refractivity contribution >= 4 is 10.9 Å². The Hall–Kier alpha value is -3.06. The molecule has 1 atom stereocenters. The average molecular weight is 386 g/mol. The SMILES string of the molecule is CCc1cc2ccc(C(C)(C#N)Cc3cccc(OCC4CC4)c3)cc2[nH]c1=O. The van der Waals surface area contributed by atoms with Gasteiger partial charge in [0.15, 0.2) is 0 Å². The van der Waals surface area contributed by atoms with Crippen molar-refractivity contribution < 1.29 is 4.74 Å². The molecule has 1 aliphatic carbocycles. The highest BCUT2D eigenvalue weighted by Gasteiger charge is 2.28. The van der Waals surface area contributed by atoms with E-state index in [1.54, 1.807) is 0 Å². The Kier molecular flexibility index (Phi) is 5.15. The minimum atomic E-state index is -0.705. The highest BCUT2D eigenvalue weighted by atomic mass is 16.5. The minimum Gasteiger partial charge on any atom is -0.493 e. The normalized spacial score (nSPS) is 15.6. The highest BCUT2D eigenvalue weighted by molar-refractivity contribution is 5.80. The zero-order chi connectivity index (χ0) is 20.4. The standard InChI is InChI=1S/C25H26N2O2/c1-3-19-12-20-9-10-21(13-23(20)27-24(19)28)25(2,16-26)14-18-5-4-6-22(11-18)29-15-17-7-8-17/h4-6,9-13,17H,3,7-8,14-15H2,1-2H3,(H,27,28). The molecule has 1 heterocycles. The lowest BCUT2D eigenvalue weighted by Crippen LogP contribution is -2.23. The molecule has 29 heavy (non-hydrogen) atoms. The van der Waals surface area contributed by atoms with Crippen molar-refractivity contribution in [1.29, 1.82) is 5.26 Å². The van der Waals surface area contributed by atoms with Gasteiger partial charge in [0, 0.05) is 11.1 Å². The molecule has 1 unspecified atom stereocenters. The van der Waals surface area contributed by atoms with Crippen LogP contribution >= 0.6 is 0 Å². The van der Waals surface area contributed by atoms with E-state index in [1.807, 2.05) is 62.4 Å². The summed E-state index contributed by atoms with van der Waals surface area (Å²) in [4.78, 5) is 15.2. The van der Waals surface area contributed by atoms with E-state index < -0.39 is 5.41 Å². The van der Waals surface area contributed by atoms with Gasteiger partial charge in [0.25, 0.3) is 5.56 Å². The van der Waals surface area contributed by atoms with E-state index in [0.717, 1.165) is 39.9 Å². The number of ether oxygens (including phenoxy) is 1. The third-order valence-electron chi connectivity index (χ3n) is 5.83. The minimum absolute atomic E-state index is 0.0590. The Morgan fingerprint density at radius 1 is 1.21 bits per heavy atom. The van der Waals surface area contributed by atoms with Gasteiger partial charge in [0.2, 0.25) is 0 Å². The fraction of sp³-hybridized carbons (Fsp3) is 0.360. The molecule has 3 aromatic rings. The molecule has 0 saturated heterocycles. The maximum Gasteiger partial charge on any atom is 0.251 e. The number of rotatable bonds is 7. The van der Waals surface area contributed by atoms with Gasteiger partial charge >= 0.3 is 0 Å². The maximum atomic E-state index is 12.2. The number of aromatic amines is 1. The smallest absolute Gasteiger partial charge is 0.251 e. The van der Waals surface area contributed by atoms with Crippen molar-refractivity contribution in [2.75, 3.05) is 6.61 Å². The summed E-state index contributed by atoms with van der Waals surface area (Å²) < 4.78 is 5.89. The van der Waals surface area contributed by atoms with Crippen LogP contribution in [0.4, 0.5) is 0 Å². The molecule has 1 aliphatic rings. The molecule has 148 valence electrons. The number of aryl methyl sites for hydroxylation is 1. The first kappa shape index (κ1) is 19.3. The predicted molar refractivity (Wildman–Crippen MR) is 115 cm³/mol. The Bertz CT molecular complexity index is 1140. The molecular weight excluding hydrogens is 360 g/mol. The molecule has 0 aliphatic heterocycles. The summed E-state index contributed by atoms with van der Waals surface area (Å²) in [6.45, 7) is 4.70. The summed E-state index contributed by atoms with van der Waals surface area (Å²) in [6, 6.07) is 18.4. The molecule has 0 spiro atoms. The molecule has 4 heteroatoms. The summed E-state index contributed by atoms with van der Waals surface area (Å²) in [7, 11) is 0. The lowest BCUT2D eigenvalue weighted by molar-refractivity contribution is 0.299. The lowest BCUT2D eigenvalue weighted by Gasteiger charge is -2.23. The second-order valence-electron chi connectivity index (χ2n) is 8.30. The van der Waals surface area contributed by atoms with E-state index in [1.165, 1.54) is 12.8 Å². The summed E-state index contributed by atoms with van der Waals surface area (Å²) in [6.07, 6.45) is 3.79. The Balaban J connectivity index is 1.62. The molecule has 0 radical (unpaired) electrons. The van der Waals surface area contributed by atoms with Crippen molar-refractivity contribution in [3.63, 3.8) is 0 Å². The topological polar surface area (TPSA) is 65.9 Å². The first-order valence-electron chi connectivity index (χ1n) is 10.3. The fourth-order valence-electron chi connectivity index (χ4n) is 3.71. The van der Waals surface area contributed by atoms with Crippen LogP contribution in [0.15, 0.2) is 53.3 Å². The number of nitrogens with one attached hydrogen (secondary N) is 1. The van der Waals surface area contributed by atoms with Crippen LogP contribution in [0.5, 0.6) is 5.75 Å². The maximum absolute atomic E-state index is 12.2. The van der Waals surface area contributed by atoms with Gasteiger partial charge in [-0.3, -0.25) is 4.79 Å². The zero-order valence-electron chi connectivity index (χ0n) is 17.0. The molecule has 0 bridgehead atoms. The van der Waals surface area contributed by atoms with E-state index in [2.05, 4.69) is 11.1 Å². The van der Waals surface area contributed by atoms with E-state index in [0.29, 0.717) is 18.8 Å². The Morgan fingerprint density at radius 3 is 2.76 bits per heavy atom. The summed E-state index contributed by atoms with van der Waals surface area (Å²) in [5.74, 6) is 1.57. The van der Waals surface area contributed by atoms with Crippen molar-refractivity contribution in [3.05, 3.63) is 75.6 Å². The average Bonchev–Trinajstić information content (AvgIpc) is 3.56. The van der Waals surface area contributed by atoms with Crippen LogP contribution in [0.2, 0.25) is 0 Å². The number of fused-ring (bicyclic) bond motifs is 1. The number of hydrogen-bond donors (Lipinski definition) is 1. The van der Waals surface area contributed by atoms with Crippen LogP contribution in [-0.4, -0.2) is 11.6 Å². The van der Waals surface area contributed by atoms with Crippen LogP contribution in [0.1, 0.15) is 43.4 Å². The third kappa shape index (κ3) is 4.19. The highest BCUT2D eigenvalue weighted by Crippen LogP contribution is 2.32. The van der Waals surface area contributed by atoms with Crippen molar-refractivity contribution in [1.82, 2.24) is 4.98 Å². The molecule has 1 aromatic heterocycles. The number of pyridine rings is 1. The van der Waals surface area contributed by atoms with Crippen molar-refractivity contribution in [3.8, 4) is 11.8 Å². The number of benzene rings is 2.